The van der Waals surface area contributed by atoms with Crippen molar-refractivity contribution < 1.29 is 28.6 Å². The smallest absolute Gasteiger partial charge is 0.407 e. The van der Waals surface area contributed by atoms with Gasteiger partial charge in [-0.05, 0) is 57.5 Å². The summed E-state index contributed by atoms with van der Waals surface area (Å²) in [6.07, 6.45) is 3.62. The monoisotopic (exact) mass is 465 g/mol. The van der Waals surface area contributed by atoms with Crippen LogP contribution in [0, 0.1) is 0 Å². The first-order valence-electron chi connectivity index (χ1n) is 10.2. The van der Waals surface area contributed by atoms with Gasteiger partial charge in [0.1, 0.15) is 5.60 Å². The SMILES string of the molecule is CNC(=O)OC(C)(C)C.COc1cc(/C=C2\SC(=O)NC2=O)c(N2CCCC2)cc1OC. The fourth-order valence-corrected chi connectivity index (χ4v) is 3.80. The summed E-state index contributed by atoms with van der Waals surface area (Å²) in [4.78, 5) is 36.3. The summed E-state index contributed by atoms with van der Waals surface area (Å²) in [5, 5.41) is 4.29. The molecule has 2 fully saturated rings. The zero-order valence-corrected chi connectivity index (χ0v) is 20.2. The molecule has 2 N–H and O–H groups in total. The second-order valence-electron chi connectivity index (χ2n) is 8.06. The molecule has 0 bridgehead atoms. The van der Waals surface area contributed by atoms with E-state index in [0.29, 0.717) is 16.4 Å². The maximum Gasteiger partial charge on any atom is 0.407 e. The molecule has 0 aromatic heterocycles. The highest BCUT2D eigenvalue weighted by atomic mass is 32.2. The number of ether oxygens (including phenoxy) is 3. The number of rotatable bonds is 4. The first-order chi connectivity index (χ1) is 15.1. The molecule has 2 heterocycles. The molecule has 1 aromatic carbocycles. The third kappa shape index (κ3) is 7.08. The minimum atomic E-state index is -0.389. The van der Waals surface area contributed by atoms with Gasteiger partial charge in [0.25, 0.3) is 11.1 Å². The van der Waals surface area contributed by atoms with Gasteiger partial charge in [-0.1, -0.05) is 0 Å². The van der Waals surface area contributed by atoms with Crippen LogP contribution in [0.1, 0.15) is 39.2 Å². The fraction of sp³-hybridized carbons (Fsp3) is 0.500. The molecule has 3 rings (SSSR count). The van der Waals surface area contributed by atoms with Gasteiger partial charge in [0.2, 0.25) is 0 Å². The minimum Gasteiger partial charge on any atom is -0.493 e. The van der Waals surface area contributed by atoms with E-state index in [2.05, 4.69) is 15.5 Å². The van der Waals surface area contributed by atoms with Gasteiger partial charge >= 0.3 is 6.09 Å². The lowest BCUT2D eigenvalue weighted by Crippen LogP contribution is -2.30. The molecule has 0 aliphatic carbocycles. The molecule has 32 heavy (non-hydrogen) atoms. The van der Waals surface area contributed by atoms with Crippen LogP contribution < -0.4 is 25.0 Å². The molecule has 0 unspecified atom stereocenters. The van der Waals surface area contributed by atoms with E-state index < -0.39 is 0 Å². The van der Waals surface area contributed by atoms with Crippen LogP contribution in [0.2, 0.25) is 0 Å². The molecule has 9 nitrogen and oxygen atoms in total. The van der Waals surface area contributed by atoms with Crippen LogP contribution in [0.15, 0.2) is 17.0 Å². The Kier molecular flexibility index (Phi) is 8.82. The maximum atomic E-state index is 11.8. The van der Waals surface area contributed by atoms with E-state index in [0.717, 1.165) is 48.9 Å². The van der Waals surface area contributed by atoms with Crippen molar-refractivity contribution in [1.82, 2.24) is 10.6 Å². The summed E-state index contributed by atoms with van der Waals surface area (Å²) in [7, 11) is 4.71. The van der Waals surface area contributed by atoms with Gasteiger partial charge in [-0.15, -0.1) is 0 Å². The molecular weight excluding hydrogens is 434 g/mol. The number of nitrogens with zero attached hydrogens (tertiary/aromatic N) is 1. The van der Waals surface area contributed by atoms with Crippen LogP contribution in [0.4, 0.5) is 15.3 Å². The lowest BCUT2D eigenvalue weighted by Gasteiger charge is -2.22. The summed E-state index contributed by atoms with van der Waals surface area (Å²) in [6.45, 7) is 7.39. The highest BCUT2D eigenvalue weighted by molar-refractivity contribution is 8.18. The number of imide groups is 1. The second-order valence-corrected chi connectivity index (χ2v) is 9.08. The molecular formula is C22H31N3O6S. The molecule has 2 aliphatic heterocycles. The highest BCUT2D eigenvalue weighted by Crippen LogP contribution is 2.38. The molecule has 10 heteroatoms. The first-order valence-corrected chi connectivity index (χ1v) is 11.1. The number of carbonyl (C=O) groups excluding carboxylic acids is 3. The lowest BCUT2D eigenvalue weighted by atomic mass is 10.1. The molecule has 0 atom stereocenters. The highest BCUT2D eigenvalue weighted by Gasteiger charge is 2.26. The van der Waals surface area contributed by atoms with Crippen LogP contribution in [0.5, 0.6) is 11.5 Å². The van der Waals surface area contributed by atoms with Crippen LogP contribution in [0.25, 0.3) is 6.08 Å². The maximum absolute atomic E-state index is 11.8. The van der Waals surface area contributed by atoms with Crippen LogP contribution in [-0.2, 0) is 9.53 Å². The molecule has 2 saturated heterocycles. The summed E-state index contributed by atoms with van der Waals surface area (Å²) >= 11 is 0.914. The van der Waals surface area contributed by atoms with Gasteiger partial charge in [0.05, 0.1) is 19.1 Å². The fourth-order valence-electron chi connectivity index (χ4n) is 3.12. The van der Waals surface area contributed by atoms with Crippen molar-refractivity contribution >= 4 is 40.8 Å². The molecule has 0 radical (unpaired) electrons. The number of carbonyl (C=O) groups is 3. The third-order valence-corrected chi connectivity index (χ3v) is 5.32. The number of hydrogen-bond donors (Lipinski definition) is 2. The van der Waals surface area contributed by atoms with Gasteiger partial charge in [-0.3, -0.25) is 14.9 Å². The minimum absolute atomic E-state index is 0.343. The van der Waals surface area contributed by atoms with Gasteiger partial charge < -0.3 is 24.4 Å². The Morgan fingerprint density at radius 3 is 2.16 bits per heavy atom. The Bertz CT molecular complexity index is 888. The van der Waals surface area contributed by atoms with Crippen molar-refractivity contribution in [2.75, 3.05) is 39.3 Å². The van der Waals surface area contributed by atoms with E-state index in [9.17, 15) is 14.4 Å². The Balaban J connectivity index is 0.000000344. The van der Waals surface area contributed by atoms with Crippen molar-refractivity contribution in [2.45, 2.75) is 39.2 Å². The summed E-state index contributed by atoms with van der Waals surface area (Å²) < 4.78 is 15.6. The van der Waals surface area contributed by atoms with Crippen LogP contribution >= 0.6 is 11.8 Å². The third-order valence-electron chi connectivity index (χ3n) is 4.51. The van der Waals surface area contributed by atoms with Crippen LogP contribution in [-0.4, -0.2) is 57.2 Å². The van der Waals surface area contributed by atoms with Crippen molar-refractivity contribution in [3.63, 3.8) is 0 Å². The van der Waals surface area contributed by atoms with Crippen molar-refractivity contribution in [1.29, 1.82) is 0 Å². The molecule has 0 spiro atoms. The van der Waals surface area contributed by atoms with Crippen LogP contribution in [0.3, 0.4) is 0 Å². The van der Waals surface area contributed by atoms with Gasteiger partial charge in [0, 0.05) is 37.5 Å². The summed E-state index contributed by atoms with van der Waals surface area (Å²) in [6, 6.07) is 3.77. The average molecular weight is 466 g/mol. The van der Waals surface area contributed by atoms with Gasteiger partial charge in [-0.25, -0.2) is 4.79 Å². The topological polar surface area (TPSA) is 106 Å². The van der Waals surface area contributed by atoms with Crippen molar-refractivity contribution in [2.24, 2.45) is 0 Å². The first kappa shape index (κ1) is 25.4. The quantitative estimate of drug-likeness (QED) is 0.648. The molecule has 1 aromatic rings. The number of benzene rings is 1. The second kappa shape index (κ2) is 11.1. The van der Waals surface area contributed by atoms with Gasteiger partial charge in [0.15, 0.2) is 11.5 Å². The van der Waals surface area contributed by atoms with E-state index in [-0.39, 0.29) is 22.8 Å². The Hall–Kier alpha value is -2.88. The Morgan fingerprint density at radius 2 is 1.72 bits per heavy atom. The summed E-state index contributed by atoms with van der Waals surface area (Å²) in [5.41, 5.74) is 1.44. The largest absolute Gasteiger partial charge is 0.493 e. The Labute approximate surface area is 192 Å². The van der Waals surface area contributed by atoms with E-state index in [1.54, 1.807) is 20.3 Å². The number of anilines is 1. The number of methoxy groups -OCH3 is 2. The lowest BCUT2D eigenvalue weighted by molar-refractivity contribution is -0.115. The van der Waals surface area contributed by atoms with E-state index >= 15 is 0 Å². The predicted octanol–water partition coefficient (Wildman–Crippen LogP) is 3.77. The molecule has 0 saturated carbocycles. The number of nitrogens with one attached hydrogen (secondary N) is 2. The van der Waals surface area contributed by atoms with Crippen molar-refractivity contribution in [3.8, 4) is 11.5 Å². The number of alkyl carbamates (subject to hydrolysis) is 1. The zero-order chi connectivity index (χ0) is 23.9. The average Bonchev–Trinajstić information content (AvgIpc) is 3.36. The Morgan fingerprint density at radius 1 is 1.12 bits per heavy atom. The van der Waals surface area contributed by atoms with Crippen molar-refractivity contribution in [3.05, 3.63) is 22.6 Å². The number of thioether (sulfide) groups is 1. The molecule has 176 valence electrons. The normalized spacial score (nSPS) is 16.9. The van der Waals surface area contributed by atoms with Gasteiger partial charge in [-0.2, -0.15) is 0 Å². The number of amides is 3. The zero-order valence-electron chi connectivity index (χ0n) is 19.4. The summed E-state index contributed by atoms with van der Waals surface area (Å²) in [5.74, 6) is 0.885. The van der Waals surface area contributed by atoms with E-state index in [1.165, 1.54) is 7.05 Å². The molecule has 2 aliphatic rings. The predicted molar refractivity (Wildman–Crippen MR) is 125 cm³/mol. The standard InChI is InChI=1S/C16H18N2O4S.C6H13NO2/c1-21-12-7-10(8-14-15(19)17-16(20)23-14)11(9-13(12)22-2)18-5-3-4-6-18;1-6(2,3)9-5(8)7-4/h7-9H,3-6H2,1-2H3,(H,17,19,20);1-4H3,(H,7,8)/b14-8-;. The number of hydrogen-bond acceptors (Lipinski definition) is 8. The van der Waals surface area contributed by atoms with E-state index in [4.69, 9.17) is 14.2 Å². The van der Waals surface area contributed by atoms with E-state index in [1.807, 2.05) is 32.9 Å². The molecule has 3 amide bonds.